The van der Waals surface area contributed by atoms with Crippen molar-refractivity contribution in [1.29, 1.82) is 0 Å². The molecular formula is C19H23F3N2O2. The zero-order chi connectivity index (χ0) is 18.6. The number of hydrogen-bond donors (Lipinski definition) is 3. The Morgan fingerprint density at radius 2 is 1.96 bits per heavy atom. The molecule has 7 heteroatoms. The van der Waals surface area contributed by atoms with Crippen LogP contribution in [0.25, 0.3) is 0 Å². The summed E-state index contributed by atoms with van der Waals surface area (Å²) in [5.74, 6) is 0.958. The average Bonchev–Trinajstić information content (AvgIpc) is 3.23. The zero-order valence-electron chi connectivity index (χ0n) is 14.4. The molecule has 0 bridgehead atoms. The fourth-order valence-corrected chi connectivity index (χ4v) is 3.42. The summed E-state index contributed by atoms with van der Waals surface area (Å²) in [4.78, 5) is 2.72. The van der Waals surface area contributed by atoms with Crippen molar-refractivity contribution >= 4 is 11.5 Å². The van der Waals surface area contributed by atoms with E-state index in [1.165, 1.54) is 50.1 Å². The fourth-order valence-electron chi connectivity index (χ4n) is 3.42. The zero-order valence-corrected chi connectivity index (χ0v) is 14.4. The van der Waals surface area contributed by atoms with E-state index in [9.17, 15) is 18.3 Å². The molecule has 1 aliphatic rings. The molecule has 1 aromatic carbocycles. The number of ether oxygens (including phenoxy) is 1. The number of aromatic hydroxyl groups is 1. The van der Waals surface area contributed by atoms with Gasteiger partial charge in [-0.3, -0.25) is 0 Å². The van der Waals surface area contributed by atoms with Gasteiger partial charge in [0, 0.05) is 18.0 Å². The number of aromatic amines is 1. The predicted molar refractivity (Wildman–Crippen MR) is 93.9 cm³/mol. The van der Waals surface area contributed by atoms with Crippen LogP contribution in [0.2, 0.25) is 0 Å². The third-order valence-electron chi connectivity index (χ3n) is 4.72. The molecule has 0 radical (unpaired) electrons. The minimum absolute atomic E-state index is 0.00533. The molecule has 4 nitrogen and oxygen atoms in total. The van der Waals surface area contributed by atoms with E-state index in [2.05, 4.69) is 10.3 Å². The Morgan fingerprint density at radius 3 is 2.62 bits per heavy atom. The van der Waals surface area contributed by atoms with Crippen molar-refractivity contribution in [2.45, 2.75) is 44.7 Å². The summed E-state index contributed by atoms with van der Waals surface area (Å²) in [5.41, 5.74) is -0.545. The molecule has 3 rings (SSSR count). The summed E-state index contributed by atoms with van der Waals surface area (Å²) in [6.45, 7) is 0.289. The third-order valence-corrected chi connectivity index (χ3v) is 4.72. The van der Waals surface area contributed by atoms with E-state index in [-0.39, 0.29) is 23.8 Å². The SMILES string of the molecule is Oc1c[nH]c(Nc2ccc(OCCCC3CCCC3)c(C(F)(F)F)c2)c1. The molecule has 0 saturated heterocycles. The largest absolute Gasteiger partial charge is 0.506 e. The molecule has 1 saturated carbocycles. The number of alkyl halides is 3. The van der Waals surface area contributed by atoms with Crippen LogP contribution in [0.3, 0.4) is 0 Å². The van der Waals surface area contributed by atoms with E-state index in [4.69, 9.17) is 4.74 Å². The smallest absolute Gasteiger partial charge is 0.420 e. The maximum absolute atomic E-state index is 13.4. The maximum Gasteiger partial charge on any atom is 0.420 e. The molecule has 1 fully saturated rings. The number of nitrogens with one attached hydrogen (secondary N) is 2. The van der Waals surface area contributed by atoms with Crippen LogP contribution in [0.5, 0.6) is 11.5 Å². The Bertz CT molecular complexity index is 722. The van der Waals surface area contributed by atoms with E-state index in [1.807, 2.05) is 0 Å². The lowest BCUT2D eigenvalue weighted by Gasteiger charge is -2.16. The lowest BCUT2D eigenvalue weighted by Crippen LogP contribution is -2.10. The first-order valence-electron chi connectivity index (χ1n) is 8.90. The lowest BCUT2D eigenvalue weighted by molar-refractivity contribution is -0.138. The highest BCUT2D eigenvalue weighted by Gasteiger charge is 2.34. The van der Waals surface area contributed by atoms with Crippen LogP contribution in [-0.4, -0.2) is 16.7 Å². The highest BCUT2D eigenvalue weighted by Crippen LogP contribution is 2.38. The van der Waals surface area contributed by atoms with Gasteiger partial charge in [-0.1, -0.05) is 25.7 Å². The van der Waals surface area contributed by atoms with Gasteiger partial charge in [-0.25, -0.2) is 0 Å². The van der Waals surface area contributed by atoms with Crippen LogP contribution in [0.4, 0.5) is 24.7 Å². The molecule has 0 spiro atoms. The Kier molecular flexibility index (Phi) is 5.64. The number of rotatable bonds is 7. The second kappa shape index (κ2) is 7.93. The van der Waals surface area contributed by atoms with Gasteiger partial charge >= 0.3 is 6.18 Å². The quantitative estimate of drug-likeness (QED) is 0.539. The minimum atomic E-state index is -4.50. The molecule has 2 aromatic rings. The third kappa shape index (κ3) is 4.86. The Balaban J connectivity index is 1.64. The molecule has 0 aliphatic heterocycles. The molecule has 1 aliphatic carbocycles. The molecule has 1 aromatic heterocycles. The lowest BCUT2D eigenvalue weighted by atomic mass is 10.0. The van der Waals surface area contributed by atoms with Gasteiger partial charge in [-0.15, -0.1) is 0 Å². The van der Waals surface area contributed by atoms with Gasteiger partial charge in [0.25, 0.3) is 0 Å². The first-order valence-corrected chi connectivity index (χ1v) is 8.90. The van der Waals surface area contributed by atoms with Crippen LogP contribution in [0.1, 0.15) is 44.1 Å². The van der Waals surface area contributed by atoms with Crippen LogP contribution in [-0.2, 0) is 6.18 Å². The molecule has 142 valence electrons. The molecule has 0 unspecified atom stereocenters. The maximum atomic E-state index is 13.4. The standard InChI is InChI=1S/C19H23F3N2O2/c20-19(21,22)16-10-14(24-18-11-15(25)12-23-18)7-8-17(16)26-9-3-6-13-4-1-2-5-13/h7-8,10-13,23-25H,1-6,9H2. The van der Waals surface area contributed by atoms with E-state index in [0.29, 0.717) is 11.7 Å². The van der Waals surface area contributed by atoms with Crippen molar-refractivity contribution in [1.82, 2.24) is 4.98 Å². The van der Waals surface area contributed by atoms with Crippen molar-refractivity contribution < 1.29 is 23.0 Å². The van der Waals surface area contributed by atoms with Crippen molar-refractivity contribution in [3.8, 4) is 11.5 Å². The Hall–Kier alpha value is -2.31. The first-order chi connectivity index (χ1) is 12.4. The van der Waals surface area contributed by atoms with Crippen LogP contribution in [0.15, 0.2) is 30.5 Å². The van der Waals surface area contributed by atoms with Crippen molar-refractivity contribution in [2.24, 2.45) is 5.92 Å². The van der Waals surface area contributed by atoms with Gasteiger partial charge in [-0.2, -0.15) is 13.2 Å². The average molecular weight is 368 g/mol. The molecule has 1 heterocycles. The van der Waals surface area contributed by atoms with Gasteiger partial charge in [0.15, 0.2) is 0 Å². The van der Waals surface area contributed by atoms with Gasteiger partial charge in [0.2, 0.25) is 0 Å². The summed E-state index contributed by atoms with van der Waals surface area (Å²) in [5, 5.41) is 12.1. The molecular weight excluding hydrogens is 345 g/mol. The van der Waals surface area contributed by atoms with Gasteiger partial charge in [-0.05, 0) is 37.0 Å². The topological polar surface area (TPSA) is 57.3 Å². The van der Waals surface area contributed by atoms with Crippen LogP contribution in [0, 0.1) is 5.92 Å². The monoisotopic (exact) mass is 368 g/mol. The van der Waals surface area contributed by atoms with Gasteiger partial charge < -0.3 is 20.1 Å². The Morgan fingerprint density at radius 1 is 1.19 bits per heavy atom. The number of benzene rings is 1. The van der Waals surface area contributed by atoms with Crippen molar-refractivity contribution in [3.63, 3.8) is 0 Å². The van der Waals surface area contributed by atoms with Crippen LogP contribution >= 0.6 is 0 Å². The van der Waals surface area contributed by atoms with Crippen molar-refractivity contribution in [2.75, 3.05) is 11.9 Å². The van der Waals surface area contributed by atoms with E-state index in [0.717, 1.165) is 18.9 Å². The molecule has 0 amide bonds. The first kappa shape index (κ1) is 18.5. The van der Waals surface area contributed by atoms with Crippen LogP contribution < -0.4 is 10.1 Å². The van der Waals surface area contributed by atoms with Gasteiger partial charge in [0.05, 0.1) is 12.2 Å². The number of hydrogen-bond acceptors (Lipinski definition) is 3. The molecule has 0 atom stereocenters. The van der Waals surface area contributed by atoms with E-state index < -0.39 is 11.7 Å². The predicted octanol–water partition coefficient (Wildman–Crippen LogP) is 5.83. The van der Waals surface area contributed by atoms with Crippen molar-refractivity contribution in [3.05, 3.63) is 36.0 Å². The fraction of sp³-hybridized carbons (Fsp3) is 0.474. The minimum Gasteiger partial charge on any atom is -0.506 e. The van der Waals surface area contributed by atoms with E-state index >= 15 is 0 Å². The number of halogens is 3. The summed E-state index contributed by atoms with van der Waals surface area (Å²) < 4.78 is 45.5. The molecule has 3 N–H and O–H groups in total. The number of anilines is 2. The second-order valence-corrected chi connectivity index (χ2v) is 6.75. The number of aromatic nitrogens is 1. The summed E-state index contributed by atoms with van der Waals surface area (Å²) in [6, 6.07) is 5.27. The summed E-state index contributed by atoms with van der Waals surface area (Å²) in [6.07, 6.45) is 3.59. The summed E-state index contributed by atoms with van der Waals surface area (Å²) >= 11 is 0. The second-order valence-electron chi connectivity index (χ2n) is 6.75. The van der Waals surface area contributed by atoms with Gasteiger partial charge in [0.1, 0.15) is 17.3 Å². The highest BCUT2D eigenvalue weighted by molar-refractivity contribution is 5.61. The highest BCUT2D eigenvalue weighted by atomic mass is 19.4. The van der Waals surface area contributed by atoms with E-state index in [1.54, 1.807) is 0 Å². The number of H-pyrrole nitrogens is 1. The summed E-state index contributed by atoms with van der Waals surface area (Å²) in [7, 11) is 0. The molecule has 26 heavy (non-hydrogen) atoms. The normalized spacial score (nSPS) is 15.3. The Labute approximate surface area is 150 Å².